The minimum Gasteiger partial charge on any atom is -0.381 e. The third-order valence-electron chi connectivity index (χ3n) is 3.42. The van der Waals surface area contributed by atoms with E-state index in [1.54, 1.807) is 0 Å². The van der Waals surface area contributed by atoms with Crippen LogP contribution in [-0.4, -0.2) is 13.2 Å². The lowest BCUT2D eigenvalue weighted by Crippen LogP contribution is -2.24. The van der Waals surface area contributed by atoms with Gasteiger partial charge in [-0.25, -0.2) is 0 Å². The van der Waals surface area contributed by atoms with E-state index >= 15 is 0 Å². The first-order valence-corrected chi connectivity index (χ1v) is 6.32. The van der Waals surface area contributed by atoms with E-state index in [1.807, 2.05) is 0 Å². The molecule has 0 spiro atoms. The molecular weight excluding hydrogens is 186 g/mol. The van der Waals surface area contributed by atoms with E-state index < -0.39 is 0 Å². The van der Waals surface area contributed by atoms with Gasteiger partial charge in [0.25, 0.3) is 0 Å². The Hall–Kier alpha value is -0.550. The number of rotatable bonds is 6. The summed E-state index contributed by atoms with van der Waals surface area (Å²) in [6, 6.07) is 2.53. The number of nitrogens with zero attached hydrogens (tertiary/aromatic N) is 1. The minimum absolute atomic E-state index is 0.0511. The summed E-state index contributed by atoms with van der Waals surface area (Å²) in [4.78, 5) is 0. The summed E-state index contributed by atoms with van der Waals surface area (Å²) in [5, 5.41) is 9.24. The van der Waals surface area contributed by atoms with Gasteiger partial charge in [-0.1, -0.05) is 32.6 Å². The van der Waals surface area contributed by atoms with Gasteiger partial charge in [-0.15, -0.1) is 0 Å². The lowest BCUT2D eigenvalue weighted by atomic mass is 9.73. The molecule has 15 heavy (non-hydrogen) atoms. The summed E-state index contributed by atoms with van der Waals surface area (Å²) < 4.78 is 5.55. The minimum atomic E-state index is -0.0511. The topological polar surface area (TPSA) is 33.0 Å². The SMILES string of the molecule is CCCCOCCC1(C#N)CCCCC1. The van der Waals surface area contributed by atoms with Crippen LogP contribution < -0.4 is 0 Å². The van der Waals surface area contributed by atoms with Crippen LogP contribution >= 0.6 is 0 Å². The Labute approximate surface area is 93.6 Å². The van der Waals surface area contributed by atoms with Crippen molar-refractivity contribution in [2.75, 3.05) is 13.2 Å². The normalized spacial score (nSPS) is 19.7. The molecule has 1 aliphatic carbocycles. The zero-order valence-electron chi connectivity index (χ0n) is 9.93. The van der Waals surface area contributed by atoms with Gasteiger partial charge in [-0.3, -0.25) is 0 Å². The van der Waals surface area contributed by atoms with E-state index in [-0.39, 0.29) is 5.41 Å². The van der Waals surface area contributed by atoms with Gasteiger partial charge in [0.05, 0.1) is 11.5 Å². The molecule has 1 rings (SSSR count). The molecule has 0 atom stereocenters. The van der Waals surface area contributed by atoms with Crippen LogP contribution in [0.5, 0.6) is 0 Å². The molecule has 1 aliphatic rings. The Morgan fingerprint density at radius 2 is 1.93 bits per heavy atom. The van der Waals surface area contributed by atoms with Crippen molar-refractivity contribution in [3.05, 3.63) is 0 Å². The molecular formula is C13H23NO. The zero-order valence-corrected chi connectivity index (χ0v) is 9.93. The van der Waals surface area contributed by atoms with E-state index in [2.05, 4.69) is 13.0 Å². The Balaban J connectivity index is 2.19. The van der Waals surface area contributed by atoms with Crippen LogP contribution in [0.25, 0.3) is 0 Å². The molecule has 1 fully saturated rings. The molecule has 0 N–H and O–H groups in total. The summed E-state index contributed by atoms with van der Waals surface area (Å²) >= 11 is 0. The molecule has 0 amide bonds. The van der Waals surface area contributed by atoms with Gasteiger partial charge in [-0.2, -0.15) is 5.26 Å². The fourth-order valence-electron chi connectivity index (χ4n) is 2.26. The summed E-state index contributed by atoms with van der Waals surface area (Å²) in [6.45, 7) is 3.80. The third kappa shape index (κ3) is 4.22. The van der Waals surface area contributed by atoms with Crippen molar-refractivity contribution < 1.29 is 4.74 Å². The van der Waals surface area contributed by atoms with Gasteiger partial charge >= 0.3 is 0 Å². The highest BCUT2D eigenvalue weighted by Gasteiger charge is 2.31. The van der Waals surface area contributed by atoms with Crippen LogP contribution in [-0.2, 0) is 4.74 Å². The quantitative estimate of drug-likeness (QED) is 0.625. The second-order valence-electron chi connectivity index (χ2n) is 4.67. The third-order valence-corrected chi connectivity index (χ3v) is 3.42. The van der Waals surface area contributed by atoms with Crippen LogP contribution in [0.2, 0.25) is 0 Å². The standard InChI is InChI=1S/C13H23NO/c1-2-3-10-15-11-9-13(12-14)7-5-4-6-8-13/h2-11H2,1H3. The van der Waals surface area contributed by atoms with Crippen LogP contribution in [0.3, 0.4) is 0 Å². The van der Waals surface area contributed by atoms with Gasteiger partial charge in [0.1, 0.15) is 0 Å². The number of unbranched alkanes of at least 4 members (excludes halogenated alkanes) is 1. The molecule has 0 aromatic heterocycles. The molecule has 0 unspecified atom stereocenters. The van der Waals surface area contributed by atoms with Gasteiger partial charge in [0, 0.05) is 13.2 Å². The first-order valence-electron chi connectivity index (χ1n) is 6.32. The van der Waals surface area contributed by atoms with Crippen molar-refractivity contribution in [2.24, 2.45) is 5.41 Å². The van der Waals surface area contributed by atoms with Crippen molar-refractivity contribution in [3.63, 3.8) is 0 Å². The molecule has 0 saturated heterocycles. The molecule has 86 valence electrons. The van der Waals surface area contributed by atoms with E-state index in [9.17, 15) is 5.26 Å². The number of hydrogen-bond donors (Lipinski definition) is 0. The van der Waals surface area contributed by atoms with Gasteiger partial charge in [-0.05, 0) is 25.7 Å². The lowest BCUT2D eigenvalue weighted by Gasteiger charge is -2.30. The molecule has 0 aromatic carbocycles. The molecule has 0 aromatic rings. The Kier molecular flexibility index (Phi) is 5.71. The lowest BCUT2D eigenvalue weighted by molar-refractivity contribution is 0.0947. The molecule has 0 bridgehead atoms. The van der Waals surface area contributed by atoms with Crippen LogP contribution in [0, 0.1) is 16.7 Å². The van der Waals surface area contributed by atoms with Crippen molar-refractivity contribution in [1.29, 1.82) is 5.26 Å². The highest BCUT2D eigenvalue weighted by atomic mass is 16.5. The van der Waals surface area contributed by atoms with Crippen molar-refractivity contribution in [2.45, 2.75) is 58.3 Å². The smallest absolute Gasteiger partial charge is 0.0690 e. The van der Waals surface area contributed by atoms with Gasteiger partial charge < -0.3 is 4.74 Å². The number of ether oxygens (including phenoxy) is 1. The van der Waals surface area contributed by atoms with Gasteiger partial charge in [0.15, 0.2) is 0 Å². The maximum atomic E-state index is 9.24. The van der Waals surface area contributed by atoms with Crippen molar-refractivity contribution in [1.82, 2.24) is 0 Å². The average molecular weight is 209 g/mol. The van der Waals surface area contributed by atoms with Crippen LogP contribution in [0.4, 0.5) is 0 Å². The highest BCUT2D eigenvalue weighted by molar-refractivity contribution is 5.00. The summed E-state index contributed by atoms with van der Waals surface area (Å²) in [5.41, 5.74) is -0.0511. The monoisotopic (exact) mass is 209 g/mol. The highest BCUT2D eigenvalue weighted by Crippen LogP contribution is 2.38. The summed E-state index contributed by atoms with van der Waals surface area (Å²) in [7, 11) is 0. The van der Waals surface area contributed by atoms with Crippen molar-refractivity contribution >= 4 is 0 Å². The van der Waals surface area contributed by atoms with Crippen LogP contribution in [0.15, 0.2) is 0 Å². The Bertz CT molecular complexity index is 201. The number of hydrogen-bond acceptors (Lipinski definition) is 2. The Morgan fingerprint density at radius 3 is 2.53 bits per heavy atom. The molecule has 2 heteroatoms. The first kappa shape index (κ1) is 12.5. The maximum absolute atomic E-state index is 9.24. The molecule has 0 heterocycles. The predicted octanol–water partition coefficient (Wildman–Crippen LogP) is 3.67. The number of nitriles is 1. The average Bonchev–Trinajstić information content (AvgIpc) is 2.30. The fraction of sp³-hybridized carbons (Fsp3) is 0.923. The Morgan fingerprint density at radius 1 is 1.20 bits per heavy atom. The summed E-state index contributed by atoms with van der Waals surface area (Å²) in [5.74, 6) is 0. The van der Waals surface area contributed by atoms with E-state index in [0.29, 0.717) is 0 Å². The summed E-state index contributed by atoms with van der Waals surface area (Å²) in [6.07, 6.45) is 9.18. The molecule has 0 aliphatic heterocycles. The second kappa shape index (κ2) is 6.85. The largest absolute Gasteiger partial charge is 0.381 e. The maximum Gasteiger partial charge on any atom is 0.0690 e. The van der Waals surface area contributed by atoms with E-state index in [1.165, 1.54) is 25.7 Å². The first-order chi connectivity index (χ1) is 7.33. The van der Waals surface area contributed by atoms with Gasteiger partial charge in [0.2, 0.25) is 0 Å². The van der Waals surface area contributed by atoms with E-state index in [4.69, 9.17) is 4.74 Å². The zero-order chi connectivity index (χ0) is 11.0. The second-order valence-corrected chi connectivity index (χ2v) is 4.67. The fourth-order valence-corrected chi connectivity index (χ4v) is 2.26. The molecule has 2 nitrogen and oxygen atoms in total. The van der Waals surface area contributed by atoms with Crippen molar-refractivity contribution in [3.8, 4) is 6.07 Å². The van der Waals surface area contributed by atoms with Crippen LogP contribution in [0.1, 0.15) is 58.3 Å². The van der Waals surface area contributed by atoms with E-state index in [0.717, 1.165) is 38.9 Å². The predicted molar refractivity (Wildman–Crippen MR) is 61.5 cm³/mol. The molecule has 0 radical (unpaired) electrons. The molecule has 1 saturated carbocycles.